The van der Waals surface area contributed by atoms with Gasteiger partial charge in [-0.1, -0.05) is 0 Å². The summed E-state index contributed by atoms with van der Waals surface area (Å²) < 4.78 is 100. The summed E-state index contributed by atoms with van der Waals surface area (Å²) >= 11 is 2.71. The molecule has 12 atom stereocenters. The minimum absolute atomic E-state index is 0.196. The molecule has 0 aromatic heterocycles. The molecule has 0 bridgehead atoms. The number of rotatable bonds is 32. The second kappa shape index (κ2) is 33.6. The highest BCUT2D eigenvalue weighted by Gasteiger charge is 2.57. The van der Waals surface area contributed by atoms with E-state index in [1.807, 2.05) is 0 Å². The van der Waals surface area contributed by atoms with Crippen molar-refractivity contribution in [2.75, 3.05) is 62.4 Å². The Morgan fingerprint density at radius 3 is 1.11 bits per heavy atom. The van der Waals surface area contributed by atoms with Gasteiger partial charge in [-0.3, -0.25) is 28.8 Å². The Labute approximate surface area is 518 Å². The van der Waals surface area contributed by atoms with Crippen LogP contribution >= 0.6 is 23.5 Å². The molecule has 34 heteroatoms. The van der Waals surface area contributed by atoms with Gasteiger partial charge in [0.15, 0.2) is 0 Å². The van der Waals surface area contributed by atoms with Crippen LogP contribution in [-0.2, 0) is 50.5 Å². The molecule has 2 fully saturated rings. The van der Waals surface area contributed by atoms with E-state index in [0.717, 1.165) is 38.1 Å². The molecule has 2 saturated heterocycles. The van der Waals surface area contributed by atoms with Crippen LogP contribution in [0.25, 0.3) is 0 Å². The van der Waals surface area contributed by atoms with E-state index in [9.17, 15) is 106 Å². The van der Waals surface area contributed by atoms with Crippen LogP contribution in [0, 0.1) is 0 Å². The largest absolute Gasteiger partial charge is 0.477 e. The number of alkyl halides is 6. The number of amides is 6. The van der Waals surface area contributed by atoms with E-state index in [0.29, 0.717) is 47.3 Å². The zero-order valence-corrected chi connectivity index (χ0v) is 49.8. The fraction of sp³-hybridized carbons (Fsp3) is 0.536. The summed E-state index contributed by atoms with van der Waals surface area (Å²) in [5, 5.41) is 101. The third-order valence-corrected chi connectivity index (χ3v) is 16.0. The first-order valence-corrected chi connectivity index (χ1v) is 30.1. The van der Waals surface area contributed by atoms with E-state index in [2.05, 4.69) is 31.9 Å². The molecular formula is C56H70F6N6O20S2. The number of carboxylic acids is 2. The average Bonchev–Trinajstić information content (AvgIpc) is 0.818. The van der Waals surface area contributed by atoms with E-state index >= 15 is 0 Å². The number of ether oxygens (including phenoxy) is 4. The summed E-state index contributed by atoms with van der Waals surface area (Å²) in [7, 11) is 0. The Morgan fingerprint density at radius 1 is 0.522 bits per heavy atom. The van der Waals surface area contributed by atoms with Crippen molar-refractivity contribution < 1.29 is 124 Å². The fourth-order valence-corrected chi connectivity index (χ4v) is 10.8. The summed E-state index contributed by atoms with van der Waals surface area (Å²) in [5.74, 6) is -11.3. The Balaban J connectivity index is 0.988. The van der Waals surface area contributed by atoms with E-state index in [1.165, 1.54) is 47.8 Å². The Kier molecular flexibility index (Phi) is 27.6. The van der Waals surface area contributed by atoms with Crippen molar-refractivity contribution in [1.82, 2.24) is 31.9 Å². The van der Waals surface area contributed by atoms with Crippen LogP contribution in [-0.4, -0.2) is 223 Å². The molecule has 3 aromatic carbocycles. The lowest BCUT2D eigenvalue weighted by Gasteiger charge is -2.46. The summed E-state index contributed by atoms with van der Waals surface area (Å²) in [4.78, 5) is 100. The van der Waals surface area contributed by atoms with Crippen molar-refractivity contribution in [2.45, 2.75) is 124 Å². The molecule has 6 amide bonds. The zero-order valence-electron chi connectivity index (χ0n) is 48.2. The first kappa shape index (κ1) is 74.0. The van der Waals surface area contributed by atoms with Gasteiger partial charge in [0, 0.05) is 86.6 Å². The number of carbonyl (C=O) groups is 8. The van der Waals surface area contributed by atoms with Crippen LogP contribution in [0.3, 0.4) is 0 Å². The third kappa shape index (κ3) is 21.2. The minimum atomic E-state index is -4.66. The summed E-state index contributed by atoms with van der Waals surface area (Å²) in [6, 6.07) is 9.07. The number of aliphatic hydroxyl groups is 6. The second-order valence-electron chi connectivity index (χ2n) is 20.7. The fourth-order valence-electron chi connectivity index (χ4n) is 9.25. The van der Waals surface area contributed by atoms with Crippen molar-refractivity contribution in [3.05, 3.63) is 106 Å². The molecule has 2 unspecified atom stereocenters. The maximum atomic E-state index is 13.0. The molecule has 14 N–H and O–H groups in total. The molecule has 2 heterocycles. The average molecular weight is 1330 g/mol. The van der Waals surface area contributed by atoms with Crippen LogP contribution in [0.5, 0.6) is 0 Å². The van der Waals surface area contributed by atoms with Gasteiger partial charge in [0.05, 0.1) is 60.8 Å². The van der Waals surface area contributed by atoms with Gasteiger partial charge in [-0.25, -0.2) is 9.59 Å². The summed E-state index contributed by atoms with van der Waals surface area (Å²) in [5.41, 5.74) is -1.97. The number of aliphatic hydroxyl groups excluding tert-OH is 6. The van der Waals surface area contributed by atoms with Crippen LogP contribution in [0.2, 0.25) is 0 Å². The highest BCUT2D eigenvalue weighted by atomic mass is 32.2. The predicted octanol–water partition coefficient (Wildman–Crippen LogP) is 0.638. The number of hydrogen-bond donors (Lipinski definition) is 14. The second-order valence-corrected chi connectivity index (χ2v) is 23.1. The number of aliphatic carboxylic acids is 2. The van der Waals surface area contributed by atoms with Crippen molar-refractivity contribution in [3.8, 4) is 0 Å². The van der Waals surface area contributed by atoms with Crippen LogP contribution < -0.4 is 31.9 Å². The van der Waals surface area contributed by atoms with E-state index in [1.54, 1.807) is 0 Å². The molecule has 0 saturated carbocycles. The number of nitrogens with one attached hydrogen (secondary N) is 6. The maximum Gasteiger partial charge on any atom is 0.416 e. The first-order chi connectivity index (χ1) is 42.3. The highest BCUT2D eigenvalue weighted by molar-refractivity contribution is 7.99. The van der Waals surface area contributed by atoms with E-state index in [-0.39, 0.29) is 61.4 Å². The lowest BCUT2D eigenvalue weighted by molar-refractivity contribution is -0.310. The molecule has 5 rings (SSSR count). The lowest BCUT2D eigenvalue weighted by Crippen LogP contribution is -2.68. The number of halogens is 6. The quantitative estimate of drug-likeness (QED) is 0.0301. The lowest BCUT2D eigenvalue weighted by atomic mass is 9.88. The van der Waals surface area contributed by atoms with Crippen LogP contribution in [0.1, 0.15) is 92.1 Å². The number of hydrogen-bond acceptors (Lipinski definition) is 20. The predicted molar refractivity (Wildman–Crippen MR) is 305 cm³/mol. The van der Waals surface area contributed by atoms with Gasteiger partial charge in [0.1, 0.15) is 24.4 Å². The van der Waals surface area contributed by atoms with Crippen molar-refractivity contribution in [3.63, 3.8) is 0 Å². The topological polar surface area (TPSA) is 408 Å². The molecule has 0 radical (unpaired) electrons. The number of benzene rings is 3. The molecule has 498 valence electrons. The van der Waals surface area contributed by atoms with Gasteiger partial charge in [0.25, 0.3) is 35.2 Å². The van der Waals surface area contributed by atoms with Gasteiger partial charge in [-0.2, -0.15) is 49.9 Å². The molecule has 2 aliphatic rings. The first-order valence-electron chi connectivity index (χ1n) is 27.7. The third-order valence-electron chi connectivity index (χ3n) is 13.9. The Hall–Kier alpha value is -6.70. The Morgan fingerprint density at radius 2 is 0.822 bits per heavy atom. The van der Waals surface area contributed by atoms with Gasteiger partial charge in [-0.15, -0.1) is 0 Å². The minimum Gasteiger partial charge on any atom is -0.477 e. The maximum absolute atomic E-state index is 13.0. The van der Waals surface area contributed by atoms with Crippen molar-refractivity contribution in [2.24, 2.45) is 0 Å². The van der Waals surface area contributed by atoms with E-state index in [4.69, 9.17) is 18.9 Å². The van der Waals surface area contributed by atoms with Gasteiger partial charge < -0.3 is 91.7 Å². The molecule has 26 nitrogen and oxygen atoms in total. The van der Waals surface area contributed by atoms with Gasteiger partial charge in [-0.05, 0) is 97.1 Å². The molecule has 90 heavy (non-hydrogen) atoms. The highest BCUT2D eigenvalue weighted by Crippen LogP contribution is 2.36. The monoisotopic (exact) mass is 1320 g/mol. The molecule has 0 aliphatic carbocycles. The van der Waals surface area contributed by atoms with Gasteiger partial charge >= 0.3 is 24.3 Å². The molecular weight excluding hydrogens is 1250 g/mol. The Bertz CT molecular complexity index is 2730. The zero-order chi connectivity index (χ0) is 66.7. The summed E-state index contributed by atoms with van der Waals surface area (Å²) in [6.45, 7) is 0.555. The normalized spacial score (nSPS) is 23.2. The smallest absolute Gasteiger partial charge is 0.416 e. The number of carboxylic acid groups (broad SMARTS) is 2. The SMILES string of the molecule is CC(=O)N[C@@H]1[C@@H](O)C[C@](OCCCSCCNC(=O)c2ccc(C(=O)NCCSCCCO[C@]3(C(=O)O)C[C@H](O)[C@@H](NC(C)=O)[C@H](C(O)[C@H](O)CNC(=O)c4ccc(C(F)(F)F)cc4)O3)cc2)(C(=O)O)O[C@H]1C(O)[C@H](O)CNC(=O)c1ccc(C(F)(F)F)cc1. The van der Waals surface area contributed by atoms with Crippen molar-refractivity contribution in [1.29, 1.82) is 0 Å². The number of carbonyl (C=O) groups excluding carboxylic acids is 6. The summed E-state index contributed by atoms with van der Waals surface area (Å²) in [6.07, 6.45) is -25.4. The van der Waals surface area contributed by atoms with Crippen LogP contribution in [0.4, 0.5) is 26.3 Å². The standard InChI is InChI=1S/C56H70F6N6O20S2/c1-29(69)67-41-37(71)25-53(51(81)82,87-45(41)43(75)39(73)27-65-49(79)33-9-13-35(14-10-33)55(57,58)59)85-19-3-21-89-23-17-63-47(77)31-5-7-32(8-6-31)48(78)64-18-24-90-22-4-20-86-54(52(83)84)26-38(72)42(68-30(2)70)46(88-54)44(76)40(74)28-66-50(80)34-11-15-36(16-12-34)56(60,61)62/h5-16,37-46,71-76H,3-4,17-28H2,1-2H3,(H,63,77)(H,64,78)(H,65,79)(H,66,80)(H,67,69)(H,68,70)(H,81,82)(H,83,84)/t37-,38-,39+,40+,41+,42+,43?,44?,45+,46+,53+,54+/m0/s1. The molecule has 3 aromatic rings. The van der Waals surface area contributed by atoms with E-state index < -0.39 is 169 Å². The van der Waals surface area contributed by atoms with Gasteiger partial charge in [0.2, 0.25) is 11.8 Å². The van der Waals surface area contributed by atoms with Crippen LogP contribution in [0.15, 0.2) is 72.8 Å². The molecule has 0 spiro atoms. The van der Waals surface area contributed by atoms with Crippen molar-refractivity contribution >= 4 is 70.9 Å². The molecule has 2 aliphatic heterocycles. The number of thioether (sulfide) groups is 2.